The van der Waals surface area contributed by atoms with Gasteiger partial charge in [0.1, 0.15) is 5.71 Å². The Morgan fingerprint density at radius 2 is 1.76 bits per heavy atom. The maximum Gasteiger partial charge on any atom is 0.274 e. The molecule has 2 aromatic rings. The first-order chi connectivity index (χ1) is 12.0. The van der Waals surface area contributed by atoms with Gasteiger partial charge in [-0.1, -0.05) is 30.3 Å². The molecular weight excluding hydrogens is 314 g/mol. The molecule has 0 saturated carbocycles. The number of carbonyl (C=O) groups excluding carboxylic acids is 2. The summed E-state index contributed by atoms with van der Waals surface area (Å²) in [6, 6.07) is 15.1. The smallest absolute Gasteiger partial charge is 0.274 e. The number of aryl methyl sites for hydroxylation is 1. The van der Waals surface area contributed by atoms with E-state index in [4.69, 9.17) is 0 Å². The van der Waals surface area contributed by atoms with E-state index in [9.17, 15) is 9.59 Å². The Kier molecular flexibility index (Phi) is 4.65. The summed E-state index contributed by atoms with van der Waals surface area (Å²) in [4.78, 5) is 26.7. The van der Waals surface area contributed by atoms with E-state index >= 15 is 0 Å². The average molecular weight is 335 g/mol. The van der Waals surface area contributed by atoms with E-state index in [1.165, 1.54) is 5.01 Å². The van der Waals surface area contributed by atoms with Gasteiger partial charge in [-0.2, -0.15) is 5.10 Å². The summed E-state index contributed by atoms with van der Waals surface area (Å²) in [5, 5.41) is 5.67. The van der Waals surface area contributed by atoms with Gasteiger partial charge in [-0.15, -0.1) is 0 Å². The lowest BCUT2D eigenvalue weighted by molar-refractivity contribution is -0.118. The molecule has 0 atom stereocenters. The van der Waals surface area contributed by atoms with Crippen molar-refractivity contribution in [2.45, 2.75) is 26.7 Å². The predicted molar refractivity (Wildman–Crippen MR) is 99.9 cm³/mol. The average Bonchev–Trinajstić information content (AvgIpc) is 2.64. The molecule has 5 nitrogen and oxygen atoms in total. The summed E-state index contributed by atoms with van der Waals surface area (Å²) >= 11 is 0. The summed E-state index contributed by atoms with van der Waals surface area (Å²) in [6.07, 6.45) is 0.635. The van der Waals surface area contributed by atoms with Gasteiger partial charge in [-0.05, 0) is 43.2 Å². The lowest BCUT2D eigenvalue weighted by atomic mass is 10.1. The molecule has 3 rings (SSSR count). The highest BCUT2D eigenvalue weighted by atomic mass is 16.2. The number of rotatable bonds is 3. The van der Waals surface area contributed by atoms with Gasteiger partial charge in [0.15, 0.2) is 0 Å². The second-order valence-corrected chi connectivity index (χ2v) is 6.17. The first-order valence-corrected chi connectivity index (χ1v) is 8.29. The lowest BCUT2D eigenvalue weighted by Gasteiger charge is -2.26. The molecule has 0 saturated heterocycles. The third-order valence-electron chi connectivity index (χ3n) is 4.52. The zero-order chi connectivity index (χ0) is 18.0. The van der Waals surface area contributed by atoms with Crippen LogP contribution < -0.4 is 9.91 Å². The normalized spacial score (nSPS) is 14.3. The molecule has 0 unspecified atom stereocenters. The topological polar surface area (TPSA) is 53.0 Å². The van der Waals surface area contributed by atoms with Crippen molar-refractivity contribution in [1.82, 2.24) is 0 Å². The molecule has 2 aromatic carbocycles. The van der Waals surface area contributed by atoms with Gasteiger partial charge in [0, 0.05) is 25.6 Å². The number of nitrogens with zero attached hydrogens (tertiary/aromatic N) is 3. The van der Waals surface area contributed by atoms with Crippen LogP contribution in [0.15, 0.2) is 53.6 Å². The third-order valence-corrected chi connectivity index (χ3v) is 4.52. The van der Waals surface area contributed by atoms with Gasteiger partial charge in [0.2, 0.25) is 5.91 Å². The number of hydrogen-bond donors (Lipinski definition) is 0. The second kappa shape index (κ2) is 6.89. The molecular formula is C20H21N3O2. The van der Waals surface area contributed by atoms with Crippen LogP contribution in [0.5, 0.6) is 0 Å². The van der Waals surface area contributed by atoms with Crippen LogP contribution in [-0.2, 0) is 9.59 Å². The molecule has 0 N–H and O–H groups in total. The van der Waals surface area contributed by atoms with Crippen molar-refractivity contribution in [3.05, 3.63) is 59.7 Å². The van der Waals surface area contributed by atoms with Crippen molar-refractivity contribution >= 4 is 28.9 Å². The summed E-state index contributed by atoms with van der Waals surface area (Å²) in [7, 11) is 1.75. The Balaban J connectivity index is 1.91. The van der Waals surface area contributed by atoms with Crippen LogP contribution in [0.1, 0.15) is 24.0 Å². The van der Waals surface area contributed by atoms with E-state index < -0.39 is 0 Å². The van der Waals surface area contributed by atoms with E-state index in [0.29, 0.717) is 17.8 Å². The zero-order valence-corrected chi connectivity index (χ0v) is 14.7. The molecule has 1 aliphatic heterocycles. The van der Waals surface area contributed by atoms with Crippen molar-refractivity contribution in [2.24, 2.45) is 5.10 Å². The zero-order valence-electron chi connectivity index (χ0n) is 14.7. The molecule has 25 heavy (non-hydrogen) atoms. The molecule has 0 aromatic heterocycles. The van der Waals surface area contributed by atoms with Gasteiger partial charge in [0.05, 0.1) is 5.69 Å². The minimum atomic E-state index is -0.179. The third kappa shape index (κ3) is 3.31. The standard InChI is InChI=1S/C20H21N3O2/c1-14-8-7-11-18(15(14)2)22(3)20(25)17-12-13-19(24)23(21-17)16-9-5-4-6-10-16/h4-11H,12-13H2,1-3H3. The van der Waals surface area contributed by atoms with Gasteiger partial charge >= 0.3 is 0 Å². The van der Waals surface area contributed by atoms with E-state index in [0.717, 1.165) is 16.8 Å². The number of carbonyl (C=O) groups is 2. The Morgan fingerprint density at radius 1 is 1.04 bits per heavy atom. The second-order valence-electron chi connectivity index (χ2n) is 6.17. The molecule has 2 amide bonds. The summed E-state index contributed by atoms with van der Waals surface area (Å²) in [5.74, 6) is -0.278. The van der Waals surface area contributed by atoms with E-state index in [1.807, 2.05) is 62.4 Å². The molecule has 1 heterocycles. The molecule has 0 fully saturated rings. The largest absolute Gasteiger partial charge is 0.310 e. The monoisotopic (exact) mass is 335 g/mol. The first kappa shape index (κ1) is 16.9. The molecule has 0 spiro atoms. The lowest BCUT2D eigenvalue weighted by Crippen LogP contribution is -2.40. The highest BCUT2D eigenvalue weighted by Gasteiger charge is 2.28. The number of benzene rings is 2. The summed E-state index contributed by atoms with van der Waals surface area (Å²) in [6.45, 7) is 4.02. The fourth-order valence-corrected chi connectivity index (χ4v) is 2.88. The fraction of sp³-hybridized carbons (Fsp3) is 0.250. The van der Waals surface area contributed by atoms with Gasteiger partial charge in [-0.25, -0.2) is 5.01 Å². The maximum absolute atomic E-state index is 12.9. The van der Waals surface area contributed by atoms with Crippen molar-refractivity contribution in [1.29, 1.82) is 0 Å². The quantitative estimate of drug-likeness (QED) is 0.863. The number of hydrogen-bond acceptors (Lipinski definition) is 3. The van der Waals surface area contributed by atoms with Crippen molar-refractivity contribution in [2.75, 3.05) is 17.0 Å². The molecule has 0 aliphatic carbocycles. The minimum Gasteiger partial charge on any atom is -0.310 e. The molecule has 0 radical (unpaired) electrons. The van der Waals surface area contributed by atoms with Crippen molar-refractivity contribution in [3.63, 3.8) is 0 Å². The van der Waals surface area contributed by atoms with E-state index in [-0.39, 0.29) is 18.2 Å². The van der Waals surface area contributed by atoms with Crippen LogP contribution in [0.25, 0.3) is 0 Å². The highest BCUT2D eigenvalue weighted by Crippen LogP contribution is 2.24. The number of amides is 2. The van der Waals surface area contributed by atoms with Crippen LogP contribution in [0.4, 0.5) is 11.4 Å². The van der Waals surface area contributed by atoms with Crippen LogP contribution in [0.3, 0.4) is 0 Å². The van der Waals surface area contributed by atoms with E-state index in [2.05, 4.69) is 5.10 Å². The summed E-state index contributed by atoms with van der Waals surface area (Å²) in [5.41, 5.74) is 4.11. The molecule has 5 heteroatoms. The fourth-order valence-electron chi connectivity index (χ4n) is 2.88. The SMILES string of the molecule is Cc1cccc(N(C)C(=O)C2=NN(c3ccccc3)C(=O)CC2)c1C. The minimum absolute atomic E-state index is 0.0999. The Morgan fingerprint density at radius 3 is 2.48 bits per heavy atom. The highest BCUT2D eigenvalue weighted by molar-refractivity contribution is 6.44. The predicted octanol–water partition coefficient (Wildman–Crippen LogP) is 3.45. The number of hydrazone groups is 1. The Bertz CT molecular complexity index is 843. The summed E-state index contributed by atoms with van der Waals surface area (Å²) < 4.78 is 0. The van der Waals surface area contributed by atoms with Crippen LogP contribution in [0.2, 0.25) is 0 Å². The van der Waals surface area contributed by atoms with Gasteiger partial charge in [-0.3, -0.25) is 9.59 Å². The van der Waals surface area contributed by atoms with Crippen LogP contribution in [0, 0.1) is 13.8 Å². The Labute approximate surface area is 147 Å². The molecule has 0 bridgehead atoms. The van der Waals surface area contributed by atoms with Crippen LogP contribution in [-0.4, -0.2) is 24.6 Å². The molecule has 1 aliphatic rings. The van der Waals surface area contributed by atoms with Crippen molar-refractivity contribution < 1.29 is 9.59 Å². The first-order valence-electron chi connectivity index (χ1n) is 8.29. The Hall–Kier alpha value is -2.95. The number of para-hydroxylation sites is 1. The maximum atomic E-state index is 12.9. The van der Waals surface area contributed by atoms with Crippen LogP contribution >= 0.6 is 0 Å². The molecule has 128 valence electrons. The van der Waals surface area contributed by atoms with Gasteiger partial charge in [0.25, 0.3) is 5.91 Å². The number of anilines is 2. The van der Waals surface area contributed by atoms with E-state index in [1.54, 1.807) is 11.9 Å². The van der Waals surface area contributed by atoms with Crippen molar-refractivity contribution in [3.8, 4) is 0 Å². The van der Waals surface area contributed by atoms with Gasteiger partial charge < -0.3 is 4.90 Å².